The van der Waals surface area contributed by atoms with Crippen molar-refractivity contribution in [2.75, 3.05) is 26.2 Å². The largest absolute Gasteiger partial charge is 0.349 e. The zero-order valence-corrected chi connectivity index (χ0v) is 35.5. The van der Waals surface area contributed by atoms with Crippen LogP contribution in [0.15, 0.2) is 10.2 Å². The van der Waals surface area contributed by atoms with Crippen molar-refractivity contribution in [1.82, 2.24) is 4.90 Å². The van der Waals surface area contributed by atoms with Gasteiger partial charge in [0.25, 0.3) is 0 Å². The third-order valence-electron chi connectivity index (χ3n) is 11.3. The first-order chi connectivity index (χ1) is 26.7. The Kier molecular flexibility index (Phi) is 36.4. The zero-order valence-electron chi connectivity index (χ0n) is 35.5. The van der Waals surface area contributed by atoms with Crippen molar-refractivity contribution in [2.24, 2.45) is 10.2 Å². The van der Waals surface area contributed by atoms with Crippen LogP contribution in [0.2, 0.25) is 0 Å². The molecule has 3 atom stereocenters. The Morgan fingerprint density at radius 2 is 0.944 bits per heavy atom. The molecule has 54 heavy (non-hydrogen) atoms. The van der Waals surface area contributed by atoms with E-state index < -0.39 is 18.4 Å². The first-order valence-corrected chi connectivity index (χ1v) is 23.3. The highest BCUT2D eigenvalue weighted by atomic mass is 16.7. The molecular weight excluding hydrogens is 675 g/mol. The van der Waals surface area contributed by atoms with E-state index in [0.29, 0.717) is 12.8 Å². The lowest BCUT2D eigenvalue weighted by Crippen LogP contribution is -2.42. The first-order valence-electron chi connectivity index (χ1n) is 23.3. The van der Waals surface area contributed by atoms with Crippen molar-refractivity contribution in [3.63, 3.8) is 0 Å². The van der Waals surface area contributed by atoms with Crippen molar-refractivity contribution in [3.8, 4) is 0 Å². The molecule has 1 aliphatic rings. The number of ether oxygens (including phenoxy) is 2. The van der Waals surface area contributed by atoms with Gasteiger partial charge in [-0.2, -0.15) is 0 Å². The molecule has 0 bridgehead atoms. The van der Waals surface area contributed by atoms with Gasteiger partial charge in [0, 0.05) is 22.9 Å². The molecule has 1 aliphatic heterocycles. The van der Waals surface area contributed by atoms with Crippen LogP contribution < -0.4 is 0 Å². The number of carbonyl (C=O) groups excluding carboxylic acids is 1. The standard InChI is InChI=1S/C44H85N7O3/c1-3-5-7-9-11-13-15-17-19-21-23-25-27-29-31-33-37-51(38-34-32-30-28-26-24-22-20-18-16-14-12-10-8-6-4-2)43(52)40-53-44-36-35-41(48-50-46)42(54-44)39-47-49-45/h41-42,44H,3-40H2,1-2H3. The van der Waals surface area contributed by atoms with Crippen molar-refractivity contribution in [3.05, 3.63) is 20.9 Å². The number of azide groups is 2. The smallest absolute Gasteiger partial charge is 0.248 e. The fourth-order valence-electron chi connectivity index (χ4n) is 7.77. The van der Waals surface area contributed by atoms with Crippen LogP contribution in [0.25, 0.3) is 20.9 Å². The lowest BCUT2D eigenvalue weighted by Gasteiger charge is -2.33. The van der Waals surface area contributed by atoms with E-state index in [0.717, 1.165) is 38.8 Å². The van der Waals surface area contributed by atoms with Crippen molar-refractivity contribution >= 4 is 5.91 Å². The van der Waals surface area contributed by atoms with Crippen molar-refractivity contribution in [2.45, 2.75) is 251 Å². The number of nitrogens with zero attached hydrogens (tertiary/aromatic N) is 7. The first kappa shape index (κ1) is 50.0. The molecule has 1 rings (SSSR count). The summed E-state index contributed by atoms with van der Waals surface area (Å²) in [5.41, 5.74) is 17.7. The van der Waals surface area contributed by atoms with E-state index in [4.69, 9.17) is 20.5 Å². The highest BCUT2D eigenvalue weighted by Gasteiger charge is 2.31. The Morgan fingerprint density at radius 3 is 1.30 bits per heavy atom. The molecule has 0 aromatic carbocycles. The quantitative estimate of drug-likeness (QED) is 0.0266. The lowest BCUT2D eigenvalue weighted by atomic mass is 10.0. The summed E-state index contributed by atoms with van der Waals surface area (Å²) < 4.78 is 11.9. The number of hydrogen-bond donors (Lipinski definition) is 0. The third kappa shape index (κ3) is 30.3. The van der Waals surface area contributed by atoms with Crippen LogP contribution >= 0.6 is 0 Å². The van der Waals surface area contributed by atoms with Crippen LogP contribution in [0.5, 0.6) is 0 Å². The minimum atomic E-state index is -0.578. The minimum Gasteiger partial charge on any atom is -0.349 e. The number of amides is 1. The van der Waals surface area contributed by atoms with Crippen LogP contribution in [-0.4, -0.2) is 55.5 Å². The van der Waals surface area contributed by atoms with E-state index in [-0.39, 0.29) is 19.1 Å². The average molecular weight is 760 g/mol. The summed E-state index contributed by atoms with van der Waals surface area (Å²) in [5, 5.41) is 7.41. The second-order valence-electron chi connectivity index (χ2n) is 16.2. The summed E-state index contributed by atoms with van der Waals surface area (Å²) in [6, 6.07) is -0.405. The monoisotopic (exact) mass is 760 g/mol. The lowest BCUT2D eigenvalue weighted by molar-refractivity contribution is -0.199. The highest BCUT2D eigenvalue weighted by molar-refractivity contribution is 5.77. The van der Waals surface area contributed by atoms with E-state index in [1.54, 1.807) is 0 Å². The van der Waals surface area contributed by atoms with Crippen LogP contribution in [-0.2, 0) is 14.3 Å². The van der Waals surface area contributed by atoms with E-state index in [1.165, 1.54) is 180 Å². The van der Waals surface area contributed by atoms with Gasteiger partial charge >= 0.3 is 0 Å². The second kappa shape index (κ2) is 39.3. The predicted octanol–water partition coefficient (Wildman–Crippen LogP) is 14.8. The summed E-state index contributed by atoms with van der Waals surface area (Å²) in [7, 11) is 0. The van der Waals surface area contributed by atoms with E-state index in [1.807, 2.05) is 4.90 Å². The van der Waals surface area contributed by atoms with Gasteiger partial charge in [-0.15, -0.1) is 0 Å². The van der Waals surface area contributed by atoms with Crippen LogP contribution in [0.1, 0.15) is 232 Å². The van der Waals surface area contributed by atoms with Crippen molar-refractivity contribution < 1.29 is 14.3 Å². The molecule has 0 saturated carbocycles. The summed E-state index contributed by atoms with van der Waals surface area (Å²) in [5.74, 6) is 0.0179. The van der Waals surface area contributed by atoms with Gasteiger partial charge in [0.05, 0.1) is 18.7 Å². The molecule has 3 unspecified atom stereocenters. The maximum absolute atomic E-state index is 13.4. The molecule has 1 amide bonds. The maximum atomic E-state index is 13.4. The topological polar surface area (TPSA) is 136 Å². The second-order valence-corrected chi connectivity index (χ2v) is 16.2. The molecule has 10 heteroatoms. The van der Waals surface area contributed by atoms with E-state index >= 15 is 0 Å². The molecule has 0 aromatic rings. The van der Waals surface area contributed by atoms with Gasteiger partial charge in [0.2, 0.25) is 5.91 Å². The predicted molar refractivity (Wildman–Crippen MR) is 226 cm³/mol. The van der Waals surface area contributed by atoms with Gasteiger partial charge in [-0.1, -0.05) is 217 Å². The molecule has 0 N–H and O–H groups in total. The Bertz CT molecular complexity index is 905. The number of carbonyl (C=O) groups is 1. The summed E-state index contributed by atoms with van der Waals surface area (Å²) >= 11 is 0. The summed E-state index contributed by atoms with van der Waals surface area (Å²) in [6.45, 7) is 6.17. The molecule has 1 heterocycles. The van der Waals surface area contributed by atoms with Gasteiger partial charge in [-0.05, 0) is 36.7 Å². The van der Waals surface area contributed by atoms with Crippen molar-refractivity contribution in [1.29, 1.82) is 0 Å². The Balaban J connectivity index is 2.31. The minimum absolute atomic E-state index is 0.0179. The molecule has 1 saturated heterocycles. The Labute approximate surface area is 332 Å². The number of hydrogen-bond acceptors (Lipinski definition) is 5. The number of rotatable bonds is 40. The van der Waals surface area contributed by atoms with Gasteiger partial charge in [-0.25, -0.2) is 0 Å². The molecular formula is C44H85N7O3. The molecule has 0 aromatic heterocycles. The molecule has 0 radical (unpaired) electrons. The van der Waals surface area contributed by atoms with Crippen LogP contribution in [0.3, 0.4) is 0 Å². The molecule has 0 spiro atoms. The van der Waals surface area contributed by atoms with Crippen LogP contribution in [0.4, 0.5) is 0 Å². The number of unbranched alkanes of at least 4 members (excludes halogenated alkanes) is 30. The molecule has 10 nitrogen and oxygen atoms in total. The highest BCUT2D eigenvalue weighted by Crippen LogP contribution is 2.24. The van der Waals surface area contributed by atoms with Gasteiger partial charge in [0.1, 0.15) is 6.61 Å². The third-order valence-corrected chi connectivity index (χ3v) is 11.3. The van der Waals surface area contributed by atoms with E-state index in [2.05, 4.69) is 33.9 Å². The van der Waals surface area contributed by atoms with E-state index in [9.17, 15) is 4.79 Å². The fraction of sp³-hybridized carbons (Fsp3) is 0.977. The summed E-state index contributed by atoms with van der Waals surface area (Å²) in [4.78, 5) is 21.1. The zero-order chi connectivity index (χ0) is 39.0. The van der Waals surface area contributed by atoms with Gasteiger partial charge in [0.15, 0.2) is 6.29 Å². The normalized spacial score (nSPS) is 16.9. The van der Waals surface area contributed by atoms with Gasteiger partial charge < -0.3 is 14.4 Å². The molecule has 0 aliphatic carbocycles. The SMILES string of the molecule is CCCCCCCCCCCCCCCCCCN(CCCCCCCCCCCCCCCCCC)C(=O)COC1CCC(N=[N+]=[N-])C(CN=[N+]=[N-])O1. The average Bonchev–Trinajstić information content (AvgIpc) is 3.18. The van der Waals surface area contributed by atoms with Gasteiger partial charge in [-0.3, -0.25) is 4.79 Å². The Morgan fingerprint density at radius 1 is 0.574 bits per heavy atom. The Hall–Kier alpha value is -1.99. The fourth-order valence-corrected chi connectivity index (χ4v) is 7.77. The van der Waals surface area contributed by atoms with Crippen LogP contribution in [0, 0.1) is 0 Å². The molecule has 314 valence electrons. The molecule has 1 fully saturated rings. The summed E-state index contributed by atoms with van der Waals surface area (Å²) in [6.07, 6.45) is 42.8. The maximum Gasteiger partial charge on any atom is 0.248 e.